The topological polar surface area (TPSA) is 59.3 Å². The average molecular weight is 155 g/mol. The Hall–Kier alpha value is -1.50. The molecule has 11 heavy (non-hydrogen) atoms. The molecule has 0 aliphatic heterocycles. The molecule has 0 aliphatic carbocycles. The Labute approximate surface area is 65.0 Å². The van der Waals surface area contributed by atoms with Crippen molar-refractivity contribution >= 4 is 5.97 Å². The SMILES string of the molecule is CCOC=C(C#N)C(=O)OC. The Morgan fingerprint density at radius 2 is 2.36 bits per heavy atom. The summed E-state index contributed by atoms with van der Waals surface area (Å²) < 4.78 is 9.01. The summed E-state index contributed by atoms with van der Waals surface area (Å²) in [5.74, 6) is -0.680. The standard InChI is InChI=1S/C7H9NO3/c1-3-11-5-6(4-8)7(9)10-2/h5H,3H2,1-2H3. The number of hydrogen-bond acceptors (Lipinski definition) is 4. The van der Waals surface area contributed by atoms with Crippen molar-refractivity contribution in [2.75, 3.05) is 13.7 Å². The number of nitrogens with zero attached hydrogens (tertiary/aromatic N) is 1. The van der Waals surface area contributed by atoms with Gasteiger partial charge in [0, 0.05) is 0 Å². The normalized spacial score (nSPS) is 10.1. The van der Waals surface area contributed by atoms with Crippen LogP contribution in [0.3, 0.4) is 0 Å². The molecule has 0 aromatic heterocycles. The summed E-state index contributed by atoms with van der Waals surface area (Å²) in [6, 6.07) is 1.65. The van der Waals surface area contributed by atoms with Gasteiger partial charge >= 0.3 is 5.97 Å². The molecule has 0 rings (SSSR count). The number of methoxy groups -OCH3 is 1. The fraction of sp³-hybridized carbons (Fsp3) is 0.429. The Bertz CT molecular complexity index is 202. The zero-order valence-corrected chi connectivity index (χ0v) is 6.46. The summed E-state index contributed by atoms with van der Waals surface area (Å²) in [5, 5.41) is 8.36. The molecule has 0 atom stereocenters. The van der Waals surface area contributed by atoms with Crippen LogP contribution in [0.2, 0.25) is 0 Å². The van der Waals surface area contributed by atoms with Gasteiger partial charge in [0.25, 0.3) is 0 Å². The van der Waals surface area contributed by atoms with Crippen LogP contribution in [-0.2, 0) is 14.3 Å². The molecule has 0 spiro atoms. The van der Waals surface area contributed by atoms with Crippen LogP contribution in [0.4, 0.5) is 0 Å². The van der Waals surface area contributed by atoms with E-state index in [-0.39, 0.29) is 5.57 Å². The van der Waals surface area contributed by atoms with Crippen LogP contribution in [0, 0.1) is 11.3 Å². The van der Waals surface area contributed by atoms with Gasteiger partial charge in [0.15, 0.2) is 5.57 Å². The van der Waals surface area contributed by atoms with E-state index in [0.717, 1.165) is 6.26 Å². The molecule has 4 heteroatoms. The summed E-state index contributed by atoms with van der Waals surface area (Å²) in [7, 11) is 1.21. The maximum absolute atomic E-state index is 10.7. The van der Waals surface area contributed by atoms with Crippen molar-refractivity contribution in [3.8, 4) is 6.07 Å². The van der Waals surface area contributed by atoms with Crippen molar-refractivity contribution < 1.29 is 14.3 Å². The van der Waals surface area contributed by atoms with Crippen LogP contribution >= 0.6 is 0 Å². The van der Waals surface area contributed by atoms with Crippen LogP contribution in [-0.4, -0.2) is 19.7 Å². The van der Waals surface area contributed by atoms with Crippen molar-refractivity contribution in [2.45, 2.75) is 6.92 Å². The fourth-order valence-corrected chi connectivity index (χ4v) is 0.397. The van der Waals surface area contributed by atoms with E-state index >= 15 is 0 Å². The number of esters is 1. The predicted molar refractivity (Wildman–Crippen MR) is 37.3 cm³/mol. The number of ether oxygens (including phenoxy) is 2. The minimum absolute atomic E-state index is 0.130. The summed E-state index contributed by atoms with van der Waals surface area (Å²) in [6.45, 7) is 2.17. The summed E-state index contributed by atoms with van der Waals surface area (Å²) in [4.78, 5) is 10.7. The number of nitriles is 1. The third-order valence-corrected chi connectivity index (χ3v) is 0.894. The molecule has 0 fully saturated rings. The van der Waals surface area contributed by atoms with Crippen LogP contribution in [0.15, 0.2) is 11.8 Å². The van der Waals surface area contributed by atoms with Gasteiger partial charge < -0.3 is 9.47 Å². The third-order valence-electron chi connectivity index (χ3n) is 0.894. The maximum Gasteiger partial charge on any atom is 0.351 e. The second-order valence-electron chi connectivity index (χ2n) is 1.59. The third kappa shape index (κ3) is 3.26. The van der Waals surface area contributed by atoms with E-state index in [1.807, 2.05) is 0 Å². The van der Waals surface area contributed by atoms with E-state index in [9.17, 15) is 4.79 Å². The summed E-state index contributed by atoms with van der Waals surface area (Å²) in [6.07, 6.45) is 1.09. The van der Waals surface area contributed by atoms with Crippen molar-refractivity contribution in [2.24, 2.45) is 0 Å². The Morgan fingerprint density at radius 1 is 1.73 bits per heavy atom. The van der Waals surface area contributed by atoms with Crippen LogP contribution in [0.1, 0.15) is 6.92 Å². The minimum Gasteiger partial charge on any atom is -0.500 e. The molecule has 0 bridgehead atoms. The van der Waals surface area contributed by atoms with Crippen LogP contribution in [0.25, 0.3) is 0 Å². The van der Waals surface area contributed by atoms with E-state index in [0.29, 0.717) is 6.61 Å². The number of rotatable bonds is 3. The van der Waals surface area contributed by atoms with Gasteiger partial charge in [-0.25, -0.2) is 4.79 Å². The van der Waals surface area contributed by atoms with Gasteiger partial charge in [-0.05, 0) is 6.92 Å². The second-order valence-corrected chi connectivity index (χ2v) is 1.59. The fourth-order valence-electron chi connectivity index (χ4n) is 0.397. The molecule has 0 saturated carbocycles. The Morgan fingerprint density at radius 3 is 2.73 bits per heavy atom. The van der Waals surface area contributed by atoms with Crippen molar-refractivity contribution in [3.05, 3.63) is 11.8 Å². The Kier molecular flexibility index (Phi) is 4.58. The maximum atomic E-state index is 10.7. The molecule has 0 unspecified atom stereocenters. The number of carbonyl (C=O) groups excluding carboxylic acids is 1. The second kappa shape index (κ2) is 5.30. The molecule has 0 heterocycles. The molecule has 0 amide bonds. The smallest absolute Gasteiger partial charge is 0.351 e. The molecular formula is C7H9NO3. The molecule has 0 radical (unpaired) electrons. The van der Waals surface area contributed by atoms with Gasteiger partial charge in [0.2, 0.25) is 0 Å². The first kappa shape index (κ1) is 9.50. The van der Waals surface area contributed by atoms with Gasteiger partial charge in [0.05, 0.1) is 13.7 Å². The van der Waals surface area contributed by atoms with E-state index in [2.05, 4.69) is 4.74 Å². The predicted octanol–water partition coefficient (Wildman–Crippen LogP) is 0.603. The summed E-state index contributed by atoms with van der Waals surface area (Å²) in [5.41, 5.74) is -0.130. The molecule has 60 valence electrons. The highest BCUT2D eigenvalue weighted by atomic mass is 16.5. The molecular weight excluding hydrogens is 146 g/mol. The van der Waals surface area contributed by atoms with Gasteiger partial charge in [-0.3, -0.25) is 0 Å². The van der Waals surface area contributed by atoms with E-state index in [1.54, 1.807) is 13.0 Å². The lowest BCUT2D eigenvalue weighted by molar-refractivity contribution is -0.135. The summed E-state index contributed by atoms with van der Waals surface area (Å²) >= 11 is 0. The average Bonchev–Trinajstić information content (AvgIpc) is 2.05. The van der Waals surface area contributed by atoms with E-state index < -0.39 is 5.97 Å². The Balaban J connectivity index is 4.18. The van der Waals surface area contributed by atoms with E-state index in [1.165, 1.54) is 7.11 Å². The highest BCUT2D eigenvalue weighted by Gasteiger charge is 2.07. The largest absolute Gasteiger partial charge is 0.500 e. The lowest BCUT2D eigenvalue weighted by atomic mass is 10.3. The number of carbonyl (C=O) groups is 1. The van der Waals surface area contributed by atoms with Gasteiger partial charge in [-0.1, -0.05) is 0 Å². The van der Waals surface area contributed by atoms with Gasteiger partial charge in [-0.2, -0.15) is 5.26 Å². The molecule has 0 N–H and O–H groups in total. The van der Waals surface area contributed by atoms with Crippen molar-refractivity contribution in [1.82, 2.24) is 0 Å². The van der Waals surface area contributed by atoms with Crippen LogP contribution < -0.4 is 0 Å². The highest BCUT2D eigenvalue weighted by molar-refractivity contribution is 5.92. The first-order chi connectivity index (χ1) is 5.26. The zero-order valence-electron chi connectivity index (χ0n) is 6.46. The molecule has 0 aliphatic rings. The van der Waals surface area contributed by atoms with Gasteiger partial charge in [-0.15, -0.1) is 0 Å². The lowest BCUT2D eigenvalue weighted by Gasteiger charge is -1.96. The first-order valence-corrected chi connectivity index (χ1v) is 3.06. The quantitative estimate of drug-likeness (QED) is 0.259. The monoisotopic (exact) mass is 155 g/mol. The van der Waals surface area contributed by atoms with Crippen LogP contribution in [0.5, 0.6) is 0 Å². The first-order valence-electron chi connectivity index (χ1n) is 3.06. The molecule has 0 aromatic rings. The molecule has 4 nitrogen and oxygen atoms in total. The molecule has 0 saturated heterocycles. The minimum atomic E-state index is -0.680. The highest BCUT2D eigenvalue weighted by Crippen LogP contribution is 1.95. The van der Waals surface area contributed by atoms with E-state index in [4.69, 9.17) is 10.00 Å². The molecule has 0 aromatic carbocycles. The lowest BCUT2D eigenvalue weighted by Crippen LogP contribution is -2.03. The van der Waals surface area contributed by atoms with Crippen molar-refractivity contribution in [3.63, 3.8) is 0 Å². The van der Waals surface area contributed by atoms with Gasteiger partial charge in [0.1, 0.15) is 12.3 Å². The van der Waals surface area contributed by atoms with Crippen molar-refractivity contribution in [1.29, 1.82) is 5.26 Å². The number of hydrogen-bond donors (Lipinski definition) is 0. The zero-order chi connectivity index (χ0) is 8.69.